The van der Waals surface area contributed by atoms with E-state index in [-0.39, 0.29) is 5.41 Å². The Bertz CT molecular complexity index is 543. The molecule has 98 valence electrons. The van der Waals surface area contributed by atoms with Gasteiger partial charge >= 0.3 is 0 Å². The first-order valence-electron chi connectivity index (χ1n) is 6.27. The van der Waals surface area contributed by atoms with Crippen molar-refractivity contribution in [1.29, 1.82) is 0 Å². The molecule has 0 unspecified atom stereocenters. The highest BCUT2D eigenvalue weighted by molar-refractivity contribution is 7.16. The number of anilines is 2. The molecule has 2 aromatic rings. The molecule has 2 rings (SSSR count). The Labute approximate surface area is 112 Å². The number of aromatic nitrogens is 1. The second-order valence-electron chi connectivity index (χ2n) is 5.72. The normalized spacial score (nSPS) is 12.3. The molecule has 4 heteroatoms. The van der Waals surface area contributed by atoms with Crippen molar-refractivity contribution >= 4 is 32.9 Å². The van der Waals surface area contributed by atoms with Crippen LogP contribution in [0.5, 0.6) is 0 Å². The minimum Gasteiger partial charge on any atom is -0.395 e. The van der Waals surface area contributed by atoms with E-state index in [1.807, 2.05) is 11.6 Å². The lowest BCUT2D eigenvalue weighted by molar-refractivity contribution is 0.270. The molecule has 0 saturated heterocycles. The van der Waals surface area contributed by atoms with Crippen LogP contribution >= 0.6 is 11.3 Å². The Morgan fingerprint density at radius 3 is 2.78 bits per heavy atom. The second kappa shape index (κ2) is 4.76. The van der Waals surface area contributed by atoms with Gasteiger partial charge in [-0.2, -0.15) is 0 Å². The summed E-state index contributed by atoms with van der Waals surface area (Å²) in [6.07, 6.45) is 0. The molecule has 3 nitrogen and oxygen atoms in total. The highest BCUT2D eigenvalue weighted by atomic mass is 32.1. The van der Waals surface area contributed by atoms with E-state index >= 15 is 0 Å². The van der Waals surface area contributed by atoms with E-state index in [9.17, 15) is 0 Å². The zero-order valence-corrected chi connectivity index (χ0v) is 12.3. The Kier molecular flexibility index (Phi) is 3.48. The lowest BCUT2D eigenvalue weighted by Gasteiger charge is -2.30. The number of nitrogens with two attached hydrogens (primary N) is 1. The van der Waals surface area contributed by atoms with Crippen molar-refractivity contribution in [2.45, 2.75) is 27.7 Å². The van der Waals surface area contributed by atoms with Crippen LogP contribution in [0.2, 0.25) is 0 Å². The first-order chi connectivity index (χ1) is 8.42. The molecule has 1 aromatic carbocycles. The molecule has 0 amide bonds. The van der Waals surface area contributed by atoms with Crippen molar-refractivity contribution in [3.05, 3.63) is 17.6 Å². The average Bonchev–Trinajstić information content (AvgIpc) is 2.77. The fourth-order valence-electron chi connectivity index (χ4n) is 1.63. The molecule has 0 bridgehead atoms. The topological polar surface area (TPSA) is 50.9 Å². The number of rotatable bonds is 4. The second-order valence-corrected chi connectivity index (χ2v) is 6.61. The summed E-state index contributed by atoms with van der Waals surface area (Å²) in [5, 5.41) is 3.46. The first kappa shape index (κ1) is 13.1. The summed E-state index contributed by atoms with van der Waals surface area (Å²) in [5.74, 6) is 0.620. The summed E-state index contributed by atoms with van der Waals surface area (Å²) in [6, 6.07) is 4.13. The Morgan fingerprint density at radius 1 is 1.39 bits per heavy atom. The molecule has 0 spiro atoms. The van der Waals surface area contributed by atoms with Crippen LogP contribution in [0, 0.1) is 11.3 Å². The molecular weight excluding hydrogens is 242 g/mol. The fourth-order valence-corrected chi connectivity index (χ4v) is 2.33. The van der Waals surface area contributed by atoms with E-state index in [1.54, 1.807) is 11.3 Å². The number of nitrogens with one attached hydrogen (secondary N) is 1. The summed E-state index contributed by atoms with van der Waals surface area (Å²) in [7, 11) is 0. The SMILES string of the molecule is CC(C)C(C)(C)CNc1ccc2scnc2c1N. The van der Waals surface area contributed by atoms with Crippen molar-refractivity contribution in [2.75, 3.05) is 17.6 Å². The number of benzene rings is 1. The standard InChI is InChI=1S/C14H21N3S/c1-9(2)14(3,4)7-16-10-5-6-11-13(12(10)15)17-8-18-11/h5-6,8-9,16H,7,15H2,1-4H3. The maximum absolute atomic E-state index is 6.15. The van der Waals surface area contributed by atoms with Gasteiger partial charge < -0.3 is 11.1 Å². The molecule has 1 aromatic heterocycles. The van der Waals surface area contributed by atoms with E-state index in [0.29, 0.717) is 5.92 Å². The van der Waals surface area contributed by atoms with Crippen molar-refractivity contribution < 1.29 is 0 Å². The predicted octanol–water partition coefficient (Wildman–Crippen LogP) is 3.97. The molecule has 0 aliphatic heterocycles. The van der Waals surface area contributed by atoms with E-state index in [1.165, 1.54) is 0 Å². The lowest BCUT2D eigenvalue weighted by Crippen LogP contribution is -2.28. The summed E-state index contributed by atoms with van der Waals surface area (Å²) < 4.78 is 1.14. The number of thiazole rings is 1. The van der Waals surface area contributed by atoms with E-state index in [4.69, 9.17) is 5.73 Å². The summed E-state index contributed by atoms with van der Waals surface area (Å²) in [6.45, 7) is 9.93. The van der Waals surface area contributed by atoms with Crippen LogP contribution in [0.4, 0.5) is 11.4 Å². The largest absolute Gasteiger partial charge is 0.395 e. The third-order valence-electron chi connectivity index (χ3n) is 3.84. The summed E-state index contributed by atoms with van der Waals surface area (Å²) >= 11 is 1.62. The average molecular weight is 263 g/mol. The zero-order chi connectivity index (χ0) is 13.3. The van der Waals surface area contributed by atoms with Gasteiger partial charge in [0.2, 0.25) is 0 Å². The maximum Gasteiger partial charge on any atom is 0.106 e. The van der Waals surface area contributed by atoms with Crippen molar-refractivity contribution in [1.82, 2.24) is 4.98 Å². The van der Waals surface area contributed by atoms with Crippen LogP contribution < -0.4 is 11.1 Å². The number of hydrogen-bond acceptors (Lipinski definition) is 4. The third-order valence-corrected chi connectivity index (χ3v) is 4.63. The molecule has 3 N–H and O–H groups in total. The molecule has 0 atom stereocenters. The predicted molar refractivity (Wildman–Crippen MR) is 81.1 cm³/mol. The van der Waals surface area contributed by atoms with E-state index in [0.717, 1.165) is 28.1 Å². The smallest absolute Gasteiger partial charge is 0.106 e. The summed E-state index contributed by atoms with van der Waals surface area (Å²) in [5.41, 5.74) is 10.9. The minimum atomic E-state index is 0.240. The minimum absolute atomic E-state index is 0.240. The fraction of sp³-hybridized carbons (Fsp3) is 0.500. The number of hydrogen-bond donors (Lipinski definition) is 2. The Morgan fingerprint density at radius 2 is 2.11 bits per heavy atom. The number of nitrogens with zero attached hydrogens (tertiary/aromatic N) is 1. The van der Waals surface area contributed by atoms with Gasteiger partial charge in [-0.15, -0.1) is 11.3 Å². The molecule has 1 heterocycles. The number of fused-ring (bicyclic) bond motifs is 1. The Balaban J connectivity index is 2.20. The highest BCUT2D eigenvalue weighted by Gasteiger charge is 2.22. The Hall–Kier alpha value is -1.29. The van der Waals surface area contributed by atoms with Gasteiger partial charge in [0.1, 0.15) is 5.52 Å². The van der Waals surface area contributed by atoms with Gasteiger partial charge in [0.25, 0.3) is 0 Å². The van der Waals surface area contributed by atoms with Crippen molar-refractivity contribution in [3.8, 4) is 0 Å². The number of nitrogen functional groups attached to an aromatic ring is 1. The molecule has 0 aliphatic carbocycles. The molecule has 18 heavy (non-hydrogen) atoms. The van der Waals surface area contributed by atoms with Gasteiger partial charge in [-0.25, -0.2) is 4.98 Å². The maximum atomic E-state index is 6.15. The molecule has 0 saturated carbocycles. The van der Waals surface area contributed by atoms with E-state index < -0.39 is 0 Å². The van der Waals surface area contributed by atoms with E-state index in [2.05, 4.69) is 44.1 Å². The zero-order valence-electron chi connectivity index (χ0n) is 11.4. The van der Waals surface area contributed by atoms with Crippen LogP contribution in [-0.4, -0.2) is 11.5 Å². The first-order valence-corrected chi connectivity index (χ1v) is 7.15. The monoisotopic (exact) mass is 263 g/mol. The van der Waals surface area contributed by atoms with Gasteiger partial charge in [-0.05, 0) is 23.5 Å². The third kappa shape index (κ3) is 2.43. The molecular formula is C14H21N3S. The van der Waals surface area contributed by atoms with Crippen molar-refractivity contribution in [3.63, 3.8) is 0 Å². The summed E-state index contributed by atoms with van der Waals surface area (Å²) in [4.78, 5) is 4.31. The lowest BCUT2D eigenvalue weighted by atomic mass is 9.81. The molecule has 0 radical (unpaired) electrons. The van der Waals surface area contributed by atoms with Crippen LogP contribution in [0.25, 0.3) is 10.2 Å². The van der Waals surface area contributed by atoms with Gasteiger partial charge in [-0.3, -0.25) is 0 Å². The van der Waals surface area contributed by atoms with Crippen LogP contribution in [-0.2, 0) is 0 Å². The van der Waals surface area contributed by atoms with Gasteiger partial charge in [0, 0.05) is 6.54 Å². The molecule has 0 fully saturated rings. The van der Waals surface area contributed by atoms with Gasteiger partial charge in [-0.1, -0.05) is 27.7 Å². The quantitative estimate of drug-likeness (QED) is 0.821. The highest BCUT2D eigenvalue weighted by Crippen LogP contribution is 2.32. The van der Waals surface area contributed by atoms with Crippen molar-refractivity contribution in [2.24, 2.45) is 11.3 Å². The van der Waals surface area contributed by atoms with Gasteiger partial charge in [0.15, 0.2) is 0 Å². The van der Waals surface area contributed by atoms with Crippen LogP contribution in [0.1, 0.15) is 27.7 Å². The van der Waals surface area contributed by atoms with Crippen LogP contribution in [0.15, 0.2) is 17.6 Å². The van der Waals surface area contributed by atoms with Crippen LogP contribution in [0.3, 0.4) is 0 Å². The van der Waals surface area contributed by atoms with Gasteiger partial charge in [0.05, 0.1) is 21.6 Å². The molecule has 0 aliphatic rings.